The Morgan fingerprint density at radius 3 is 2.74 bits per heavy atom. The third-order valence-corrected chi connectivity index (χ3v) is 4.09. The third kappa shape index (κ3) is 2.71. The summed E-state index contributed by atoms with van der Waals surface area (Å²) in [4.78, 5) is 0. The van der Waals surface area contributed by atoms with Crippen molar-refractivity contribution in [3.63, 3.8) is 0 Å². The summed E-state index contributed by atoms with van der Waals surface area (Å²) in [5, 5.41) is 0. The van der Waals surface area contributed by atoms with Gasteiger partial charge in [-0.2, -0.15) is 0 Å². The molecule has 98 valence electrons. The Morgan fingerprint density at radius 2 is 1.89 bits per heavy atom. The molecule has 0 heterocycles. The molecule has 0 radical (unpaired) electrons. The van der Waals surface area contributed by atoms with E-state index in [1.807, 2.05) is 0 Å². The molecule has 0 saturated carbocycles. The van der Waals surface area contributed by atoms with Gasteiger partial charge in [0.05, 0.1) is 0 Å². The molecule has 0 aromatic heterocycles. The van der Waals surface area contributed by atoms with Crippen LogP contribution in [0.15, 0.2) is 42.5 Å². The van der Waals surface area contributed by atoms with Gasteiger partial charge in [-0.3, -0.25) is 0 Å². The SMILES string of the molecule is Cc1cccc(C(N)Cc2ccc3c(c2)CCC3)c1. The molecule has 0 amide bonds. The number of nitrogens with two attached hydrogens (primary N) is 1. The first-order chi connectivity index (χ1) is 9.22. The van der Waals surface area contributed by atoms with Crippen LogP contribution >= 0.6 is 0 Å². The molecule has 2 N–H and O–H groups in total. The number of aryl methyl sites for hydroxylation is 3. The maximum Gasteiger partial charge on any atom is 0.0335 e. The maximum atomic E-state index is 6.34. The van der Waals surface area contributed by atoms with E-state index in [-0.39, 0.29) is 6.04 Å². The molecular weight excluding hydrogens is 230 g/mol. The summed E-state index contributed by atoms with van der Waals surface area (Å²) < 4.78 is 0. The van der Waals surface area contributed by atoms with Gasteiger partial charge in [0.2, 0.25) is 0 Å². The molecule has 1 unspecified atom stereocenters. The van der Waals surface area contributed by atoms with E-state index in [4.69, 9.17) is 5.73 Å². The Balaban J connectivity index is 1.77. The molecule has 1 atom stereocenters. The van der Waals surface area contributed by atoms with Crippen LogP contribution in [0, 0.1) is 6.92 Å². The fraction of sp³-hybridized carbons (Fsp3) is 0.333. The van der Waals surface area contributed by atoms with Crippen molar-refractivity contribution in [2.24, 2.45) is 5.73 Å². The highest BCUT2D eigenvalue weighted by Crippen LogP contribution is 2.25. The van der Waals surface area contributed by atoms with E-state index >= 15 is 0 Å². The van der Waals surface area contributed by atoms with Gasteiger partial charge in [0.1, 0.15) is 0 Å². The standard InChI is InChI=1S/C18H21N/c1-13-4-2-7-17(10-13)18(19)12-14-8-9-15-5-3-6-16(15)11-14/h2,4,7-11,18H,3,5-6,12,19H2,1H3. The van der Waals surface area contributed by atoms with Gasteiger partial charge in [-0.25, -0.2) is 0 Å². The molecule has 2 aromatic carbocycles. The second-order valence-electron chi connectivity index (χ2n) is 5.68. The van der Waals surface area contributed by atoms with Gasteiger partial charge in [0, 0.05) is 6.04 Å². The summed E-state index contributed by atoms with van der Waals surface area (Å²) in [5.74, 6) is 0. The Bertz CT molecular complexity index is 586. The predicted octanol–water partition coefficient (Wildman–Crippen LogP) is 3.73. The molecule has 1 nitrogen and oxygen atoms in total. The fourth-order valence-electron chi connectivity index (χ4n) is 3.02. The van der Waals surface area contributed by atoms with Crippen molar-refractivity contribution in [1.82, 2.24) is 0 Å². The van der Waals surface area contributed by atoms with Gasteiger partial charge < -0.3 is 5.73 Å². The second-order valence-corrected chi connectivity index (χ2v) is 5.68. The third-order valence-electron chi connectivity index (χ3n) is 4.09. The smallest absolute Gasteiger partial charge is 0.0335 e. The highest BCUT2D eigenvalue weighted by molar-refractivity contribution is 5.36. The van der Waals surface area contributed by atoms with Crippen molar-refractivity contribution >= 4 is 0 Å². The molecule has 3 rings (SSSR count). The zero-order valence-corrected chi connectivity index (χ0v) is 11.5. The molecule has 0 spiro atoms. The van der Waals surface area contributed by atoms with Gasteiger partial charge in [-0.05, 0) is 54.9 Å². The second kappa shape index (κ2) is 5.18. The molecule has 19 heavy (non-hydrogen) atoms. The van der Waals surface area contributed by atoms with E-state index in [0.717, 1.165) is 6.42 Å². The molecule has 0 bridgehead atoms. The van der Waals surface area contributed by atoms with E-state index in [2.05, 4.69) is 49.4 Å². The van der Waals surface area contributed by atoms with Crippen LogP contribution in [0.5, 0.6) is 0 Å². The van der Waals surface area contributed by atoms with Crippen molar-refractivity contribution in [2.75, 3.05) is 0 Å². The number of fused-ring (bicyclic) bond motifs is 1. The van der Waals surface area contributed by atoms with Gasteiger partial charge in [0.25, 0.3) is 0 Å². The average Bonchev–Trinajstić information content (AvgIpc) is 2.86. The number of hydrogen-bond donors (Lipinski definition) is 1. The van der Waals surface area contributed by atoms with Crippen LogP contribution in [0.25, 0.3) is 0 Å². The summed E-state index contributed by atoms with van der Waals surface area (Å²) in [6.07, 6.45) is 4.72. The minimum Gasteiger partial charge on any atom is -0.324 e. The maximum absolute atomic E-state index is 6.34. The van der Waals surface area contributed by atoms with Crippen LogP contribution in [0.2, 0.25) is 0 Å². The average molecular weight is 251 g/mol. The Hall–Kier alpha value is -1.60. The zero-order valence-electron chi connectivity index (χ0n) is 11.5. The Labute approximate surface area is 115 Å². The van der Waals surface area contributed by atoms with Crippen LogP contribution in [-0.4, -0.2) is 0 Å². The number of benzene rings is 2. The van der Waals surface area contributed by atoms with Gasteiger partial charge in [-0.1, -0.05) is 48.0 Å². The molecule has 1 aliphatic rings. The van der Waals surface area contributed by atoms with Gasteiger partial charge in [0.15, 0.2) is 0 Å². The summed E-state index contributed by atoms with van der Waals surface area (Å²) in [6.45, 7) is 2.12. The number of rotatable bonds is 3. The molecule has 1 aliphatic carbocycles. The molecule has 0 aliphatic heterocycles. The van der Waals surface area contributed by atoms with E-state index in [1.165, 1.54) is 47.1 Å². The lowest BCUT2D eigenvalue weighted by Gasteiger charge is -2.14. The molecule has 1 heteroatoms. The number of hydrogen-bond acceptors (Lipinski definition) is 1. The van der Waals surface area contributed by atoms with E-state index in [1.54, 1.807) is 0 Å². The van der Waals surface area contributed by atoms with Crippen molar-refractivity contribution < 1.29 is 0 Å². The highest BCUT2D eigenvalue weighted by atomic mass is 14.6. The van der Waals surface area contributed by atoms with Crippen LogP contribution in [0.4, 0.5) is 0 Å². The predicted molar refractivity (Wildman–Crippen MR) is 80.3 cm³/mol. The first-order valence-electron chi connectivity index (χ1n) is 7.15. The van der Waals surface area contributed by atoms with Crippen molar-refractivity contribution in [3.8, 4) is 0 Å². The van der Waals surface area contributed by atoms with Gasteiger partial charge in [-0.15, -0.1) is 0 Å². The van der Waals surface area contributed by atoms with Crippen molar-refractivity contribution in [2.45, 2.75) is 38.6 Å². The normalized spacial score (nSPS) is 15.3. The molecule has 0 fully saturated rings. The highest BCUT2D eigenvalue weighted by Gasteiger charge is 2.13. The minimum atomic E-state index is 0.0966. The summed E-state index contributed by atoms with van der Waals surface area (Å²) >= 11 is 0. The van der Waals surface area contributed by atoms with Crippen molar-refractivity contribution in [1.29, 1.82) is 0 Å². The Morgan fingerprint density at radius 1 is 1.05 bits per heavy atom. The Kier molecular flexibility index (Phi) is 3.39. The van der Waals surface area contributed by atoms with Crippen LogP contribution in [0.1, 0.15) is 40.3 Å². The fourth-order valence-corrected chi connectivity index (χ4v) is 3.02. The van der Waals surface area contributed by atoms with Crippen LogP contribution in [-0.2, 0) is 19.3 Å². The summed E-state index contributed by atoms with van der Waals surface area (Å²) in [5.41, 5.74) is 13.3. The minimum absolute atomic E-state index is 0.0966. The molecular formula is C18H21N. The lowest BCUT2D eigenvalue weighted by atomic mass is 9.96. The van der Waals surface area contributed by atoms with Crippen molar-refractivity contribution in [3.05, 3.63) is 70.3 Å². The van der Waals surface area contributed by atoms with Crippen LogP contribution < -0.4 is 5.73 Å². The monoisotopic (exact) mass is 251 g/mol. The largest absolute Gasteiger partial charge is 0.324 e. The first kappa shape index (κ1) is 12.4. The van der Waals surface area contributed by atoms with Crippen LogP contribution in [0.3, 0.4) is 0 Å². The topological polar surface area (TPSA) is 26.0 Å². The quantitative estimate of drug-likeness (QED) is 0.884. The zero-order chi connectivity index (χ0) is 13.2. The van der Waals surface area contributed by atoms with E-state index < -0.39 is 0 Å². The summed E-state index contributed by atoms with van der Waals surface area (Å²) in [7, 11) is 0. The lowest BCUT2D eigenvalue weighted by molar-refractivity contribution is 0.720. The molecule has 2 aromatic rings. The first-order valence-corrected chi connectivity index (χ1v) is 7.15. The van der Waals surface area contributed by atoms with Gasteiger partial charge >= 0.3 is 0 Å². The van der Waals surface area contributed by atoms with E-state index in [9.17, 15) is 0 Å². The molecule has 0 saturated heterocycles. The summed E-state index contributed by atoms with van der Waals surface area (Å²) in [6, 6.07) is 15.5. The van der Waals surface area contributed by atoms with E-state index in [0.29, 0.717) is 0 Å². The lowest BCUT2D eigenvalue weighted by Crippen LogP contribution is -2.13.